The van der Waals surface area contributed by atoms with Crippen LogP contribution in [0.2, 0.25) is 0 Å². The van der Waals surface area contributed by atoms with Crippen molar-refractivity contribution in [3.63, 3.8) is 0 Å². The van der Waals surface area contributed by atoms with Gasteiger partial charge in [0, 0.05) is 22.4 Å². The Hall–Kier alpha value is -3.65. The molecule has 8 heteroatoms. The molecule has 0 aliphatic heterocycles. The van der Waals surface area contributed by atoms with Gasteiger partial charge < -0.3 is 24.1 Å². The van der Waals surface area contributed by atoms with Crippen LogP contribution in [0.25, 0.3) is 21.9 Å². The first-order valence-electron chi connectivity index (χ1n) is 10.5. The first kappa shape index (κ1) is 22.5. The summed E-state index contributed by atoms with van der Waals surface area (Å²) < 4.78 is 40.4. The highest BCUT2D eigenvalue weighted by Gasteiger charge is 2.24. The fourth-order valence-corrected chi connectivity index (χ4v) is 3.75. The number of carbonyl (C=O) groups excluding carboxylic acids is 1. The lowest BCUT2D eigenvalue weighted by atomic mass is 10.1. The number of halogens is 2. The van der Waals surface area contributed by atoms with E-state index < -0.39 is 12.7 Å². The number of nitrogens with one attached hydrogen (secondary N) is 2. The summed E-state index contributed by atoms with van der Waals surface area (Å²) in [5.74, 6) is 0.464. The highest BCUT2D eigenvalue weighted by Crippen LogP contribution is 2.36. The Morgan fingerprint density at radius 1 is 1.06 bits per heavy atom. The minimum absolute atomic E-state index is 0.102. The van der Waals surface area contributed by atoms with Crippen LogP contribution in [0, 0.1) is 0 Å². The molecule has 0 bridgehead atoms. The molecular formula is C25H25F2N2O4+. The lowest BCUT2D eigenvalue weighted by molar-refractivity contribution is -0.907. The molecule has 1 unspecified atom stereocenters. The van der Waals surface area contributed by atoms with Crippen molar-refractivity contribution in [1.82, 2.24) is 0 Å². The maximum Gasteiger partial charge on any atom is 0.387 e. The van der Waals surface area contributed by atoms with Crippen LogP contribution in [-0.4, -0.2) is 32.7 Å². The first-order chi connectivity index (χ1) is 15.9. The van der Waals surface area contributed by atoms with E-state index in [0.29, 0.717) is 23.6 Å². The van der Waals surface area contributed by atoms with E-state index in [-0.39, 0.29) is 11.7 Å². The van der Waals surface area contributed by atoms with E-state index in [2.05, 4.69) is 10.1 Å². The molecule has 33 heavy (non-hydrogen) atoms. The predicted molar refractivity (Wildman–Crippen MR) is 122 cm³/mol. The fourth-order valence-electron chi connectivity index (χ4n) is 3.75. The number of hydrogen-bond donors (Lipinski definition) is 2. The van der Waals surface area contributed by atoms with Crippen LogP contribution < -0.4 is 19.7 Å². The Labute approximate surface area is 189 Å². The standard InChI is InChI=1S/C25H24F2N2O4/c1-15(29(2)14-16-8-10-17(11-9-16)32-25(26)27)24(30)28-20-13-22-19(12-23(20)31-3)18-6-4-5-7-21(18)33-22/h4-13,15,25H,14H2,1-3H3,(H,28,30)/p+1/t15-/m1/s1. The summed E-state index contributed by atoms with van der Waals surface area (Å²) in [6, 6.07) is 17.4. The van der Waals surface area contributed by atoms with E-state index in [1.54, 1.807) is 25.3 Å². The minimum Gasteiger partial charge on any atom is -0.495 e. The number of methoxy groups -OCH3 is 1. The maximum absolute atomic E-state index is 13.0. The average molecular weight is 455 g/mol. The monoisotopic (exact) mass is 455 g/mol. The van der Waals surface area contributed by atoms with E-state index in [0.717, 1.165) is 26.8 Å². The molecular weight excluding hydrogens is 430 g/mol. The van der Waals surface area contributed by atoms with Crippen LogP contribution in [0.3, 0.4) is 0 Å². The normalized spacial score (nSPS) is 13.3. The number of hydrogen-bond acceptors (Lipinski definition) is 4. The lowest BCUT2D eigenvalue weighted by Gasteiger charge is -2.21. The van der Waals surface area contributed by atoms with Crippen molar-refractivity contribution in [3.05, 3.63) is 66.2 Å². The highest BCUT2D eigenvalue weighted by atomic mass is 19.3. The van der Waals surface area contributed by atoms with Crippen LogP contribution in [-0.2, 0) is 11.3 Å². The Balaban J connectivity index is 1.48. The van der Waals surface area contributed by atoms with Gasteiger partial charge in [-0.3, -0.25) is 4.79 Å². The molecule has 172 valence electrons. The third kappa shape index (κ3) is 4.90. The van der Waals surface area contributed by atoms with Gasteiger partial charge in [-0.2, -0.15) is 8.78 Å². The summed E-state index contributed by atoms with van der Waals surface area (Å²) >= 11 is 0. The quantitative estimate of drug-likeness (QED) is 0.417. The number of rotatable bonds is 8. The molecule has 0 aliphatic carbocycles. The molecule has 1 aromatic heterocycles. The molecule has 2 N–H and O–H groups in total. The maximum atomic E-state index is 13.0. The van der Waals surface area contributed by atoms with Crippen molar-refractivity contribution in [2.75, 3.05) is 19.5 Å². The highest BCUT2D eigenvalue weighted by molar-refractivity contribution is 6.08. The van der Waals surface area contributed by atoms with Gasteiger partial charge in [0.2, 0.25) is 0 Å². The van der Waals surface area contributed by atoms with E-state index in [4.69, 9.17) is 9.15 Å². The molecule has 4 rings (SSSR count). The van der Waals surface area contributed by atoms with Gasteiger partial charge >= 0.3 is 6.61 Å². The van der Waals surface area contributed by atoms with Gasteiger partial charge in [-0.1, -0.05) is 18.2 Å². The molecule has 4 aromatic rings. The Morgan fingerprint density at radius 3 is 2.48 bits per heavy atom. The molecule has 1 heterocycles. The molecule has 3 aromatic carbocycles. The van der Waals surface area contributed by atoms with E-state index >= 15 is 0 Å². The van der Waals surface area contributed by atoms with Crippen LogP contribution in [0.5, 0.6) is 11.5 Å². The Morgan fingerprint density at radius 2 is 1.79 bits per heavy atom. The molecule has 0 fully saturated rings. The Bertz CT molecular complexity index is 1270. The van der Waals surface area contributed by atoms with E-state index in [9.17, 15) is 13.6 Å². The van der Waals surface area contributed by atoms with Gasteiger partial charge in [0.15, 0.2) is 6.04 Å². The number of carbonyl (C=O) groups is 1. The molecule has 2 atom stereocenters. The molecule has 0 spiro atoms. The zero-order valence-corrected chi connectivity index (χ0v) is 18.5. The number of benzene rings is 3. The van der Waals surface area contributed by atoms with Gasteiger partial charge in [-0.05, 0) is 43.3 Å². The van der Waals surface area contributed by atoms with Gasteiger partial charge in [0.25, 0.3) is 5.91 Å². The first-order valence-corrected chi connectivity index (χ1v) is 10.5. The fraction of sp³-hybridized carbons (Fsp3) is 0.240. The van der Waals surface area contributed by atoms with Gasteiger partial charge in [0.05, 0.1) is 19.8 Å². The number of likely N-dealkylation sites (N-methyl/N-ethyl adjacent to an activating group) is 1. The topological polar surface area (TPSA) is 65.1 Å². The van der Waals surface area contributed by atoms with Gasteiger partial charge in [0.1, 0.15) is 29.2 Å². The van der Waals surface area contributed by atoms with Crippen molar-refractivity contribution < 1.29 is 32.4 Å². The van der Waals surface area contributed by atoms with Crippen LogP contribution in [0.15, 0.2) is 65.1 Å². The van der Waals surface area contributed by atoms with Crippen molar-refractivity contribution in [3.8, 4) is 11.5 Å². The molecule has 0 saturated carbocycles. The zero-order valence-electron chi connectivity index (χ0n) is 18.5. The second kappa shape index (κ2) is 9.46. The summed E-state index contributed by atoms with van der Waals surface area (Å²) in [5, 5.41) is 4.84. The van der Waals surface area contributed by atoms with Gasteiger partial charge in [-0.25, -0.2) is 0 Å². The zero-order chi connectivity index (χ0) is 23.5. The van der Waals surface area contributed by atoms with Crippen LogP contribution in [0.4, 0.5) is 14.5 Å². The SMILES string of the molecule is COc1cc2c(cc1NC(=O)[C@@H](C)[NH+](C)Cc1ccc(OC(F)F)cc1)oc1ccccc12. The predicted octanol–water partition coefficient (Wildman–Crippen LogP) is 4.24. The summed E-state index contributed by atoms with van der Waals surface area (Å²) in [4.78, 5) is 13.9. The summed E-state index contributed by atoms with van der Waals surface area (Å²) in [6.45, 7) is -0.502. The number of fused-ring (bicyclic) bond motifs is 3. The number of alkyl halides is 2. The third-order valence-corrected chi connectivity index (χ3v) is 5.72. The van der Waals surface area contributed by atoms with Crippen molar-refractivity contribution in [1.29, 1.82) is 0 Å². The number of para-hydroxylation sites is 1. The molecule has 0 aliphatic rings. The average Bonchev–Trinajstić information content (AvgIpc) is 3.16. The number of quaternary nitrogens is 1. The Kier molecular flexibility index (Phi) is 6.46. The number of ether oxygens (including phenoxy) is 2. The minimum atomic E-state index is -2.86. The van der Waals surface area contributed by atoms with Crippen molar-refractivity contribution in [2.45, 2.75) is 26.1 Å². The number of furan rings is 1. The van der Waals surface area contributed by atoms with Gasteiger partial charge in [-0.15, -0.1) is 0 Å². The second-order valence-electron chi connectivity index (χ2n) is 7.90. The van der Waals surface area contributed by atoms with E-state index in [1.807, 2.05) is 44.3 Å². The largest absolute Gasteiger partial charge is 0.495 e. The summed E-state index contributed by atoms with van der Waals surface area (Å²) in [7, 11) is 3.45. The smallest absolute Gasteiger partial charge is 0.387 e. The summed E-state index contributed by atoms with van der Waals surface area (Å²) in [5.41, 5.74) is 2.85. The molecule has 6 nitrogen and oxygen atoms in total. The second-order valence-corrected chi connectivity index (χ2v) is 7.90. The lowest BCUT2D eigenvalue weighted by Crippen LogP contribution is -3.12. The number of anilines is 1. The molecule has 0 radical (unpaired) electrons. The third-order valence-electron chi connectivity index (χ3n) is 5.72. The number of amides is 1. The van der Waals surface area contributed by atoms with Crippen molar-refractivity contribution in [2.24, 2.45) is 0 Å². The van der Waals surface area contributed by atoms with Crippen LogP contribution >= 0.6 is 0 Å². The van der Waals surface area contributed by atoms with Crippen molar-refractivity contribution >= 4 is 33.5 Å². The summed E-state index contributed by atoms with van der Waals surface area (Å²) in [6.07, 6.45) is 0. The molecule has 0 saturated heterocycles. The van der Waals surface area contributed by atoms with E-state index in [1.165, 1.54) is 12.1 Å². The molecule has 1 amide bonds. The van der Waals surface area contributed by atoms with Crippen LogP contribution in [0.1, 0.15) is 12.5 Å².